The Balaban J connectivity index is 1.60. The highest BCUT2D eigenvalue weighted by Crippen LogP contribution is 2.29. The van der Waals surface area contributed by atoms with Gasteiger partial charge in [-0.05, 0) is 29.5 Å². The molecule has 1 aromatic heterocycles. The van der Waals surface area contributed by atoms with Crippen LogP contribution in [-0.4, -0.2) is 41.2 Å². The van der Waals surface area contributed by atoms with Crippen LogP contribution in [0.1, 0.15) is 17.7 Å². The topological polar surface area (TPSA) is 109 Å². The van der Waals surface area contributed by atoms with Gasteiger partial charge >= 0.3 is 17.5 Å². The standard InChI is InChI=1S/C17H17F3N4O5/c1-23-12(16(27)29-22-23)9-24-6-7-28-13(15(24)26)8-14(25)21-11-4-2-10(3-5-11)17(18,19)20/h2-5,13H,6-9H2,1H3,(H-,21,22,25,27)/p+1. The number of alkyl halides is 3. The number of carbonyl (C=O) groups excluding carboxylic acids is 2. The van der Waals surface area contributed by atoms with E-state index in [9.17, 15) is 27.6 Å². The third kappa shape index (κ3) is 4.83. The first-order valence-corrected chi connectivity index (χ1v) is 8.59. The number of rotatable bonds is 5. The van der Waals surface area contributed by atoms with Crippen molar-refractivity contribution in [3.8, 4) is 0 Å². The molecule has 2 N–H and O–H groups in total. The van der Waals surface area contributed by atoms with Gasteiger partial charge in [-0.2, -0.15) is 13.2 Å². The first kappa shape index (κ1) is 20.6. The normalized spacial score (nSPS) is 17.4. The van der Waals surface area contributed by atoms with E-state index in [2.05, 4.69) is 15.1 Å². The highest BCUT2D eigenvalue weighted by atomic mass is 19.4. The smallest absolute Gasteiger partial charge is 0.366 e. The molecule has 9 nitrogen and oxygen atoms in total. The Bertz CT molecular complexity index is 951. The van der Waals surface area contributed by atoms with Gasteiger partial charge in [-0.25, -0.2) is 4.79 Å². The number of hydrogen-bond donors (Lipinski definition) is 2. The van der Waals surface area contributed by atoms with Gasteiger partial charge in [-0.1, -0.05) is 4.68 Å². The molecule has 1 aliphatic rings. The average Bonchev–Trinajstić information content (AvgIpc) is 2.96. The largest absolute Gasteiger partial charge is 0.431 e. The van der Waals surface area contributed by atoms with Crippen LogP contribution in [0.3, 0.4) is 0 Å². The molecule has 1 aromatic carbocycles. The fourth-order valence-corrected chi connectivity index (χ4v) is 2.83. The molecule has 0 bridgehead atoms. The van der Waals surface area contributed by atoms with E-state index in [1.807, 2.05) is 0 Å². The summed E-state index contributed by atoms with van der Waals surface area (Å²) in [6.45, 7) is 0.394. The van der Waals surface area contributed by atoms with Crippen LogP contribution in [-0.2, 0) is 34.1 Å². The van der Waals surface area contributed by atoms with Crippen LogP contribution in [0.15, 0.2) is 33.6 Å². The highest BCUT2D eigenvalue weighted by molar-refractivity contribution is 5.95. The molecule has 156 valence electrons. The number of aryl methyl sites for hydroxylation is 1. The van der Waals surface area contributed by atoms with Crippen LogP contribution in [0.5, 0.6) is 0 Å². The minimum atomic E-state index is -4.47. The van der Waals surface area contributed by atoms with Gasteiger partial charge in [0.1, 0.15) is 12.6 Å². The summed E-state index contributed by atoms with van der Waals surface area (Å²) in [5.74, 6) is -1.06. The molecule has 1 aliphatic heterocycles. The minimum absolute atomic E-state index is 0.0124. The van der Waals surface area contributed by atoms with Crippen LogP contribution < -0.4 is 15.6 Å². The summed E-state index contributed by atoms with van der Waals surface area (Å²) >= 11 is 0. The maximum Gasteiger partial charge on any atom is 0.431 e. The summed E-state index contributed by atoms with van der Waals surface area (Å²) in [5.41, 5.74) is -1.05. The predicted octanol–water partition coefficient (Wildman–Crippen LogP) is 0.567. The van der Waals surface area contributed by atoms with Gasteiger partial charge < -0.3 is 15.0 Å². The summed E-state index contributed by atoms with van der Waals surface area (Å²) in [4.78, 5) is 37.8. The lowest BCUT2D eigenvalue weighted by Crippen LogP contribution is -2.50. The summed E-state index contributed by atoms with van der Waals surface area (Å²) in [6, 6.07) is 3.95. The van der Waals surface area contributed by atoms with E-state index in [0.29, 0.717) is 0 Å². The van der Waals surface area contributed by atoms with Crippen LogP contribution in [0.2, 0.25) is 0 Å². The number of H-pyrrole nitrogens is 1. The van der Waals surface area contributed by atoms with E-state index >= 15 is 0 Å². The fraction of sp³-hybridized carbons (Fsp3) is 0.412. The van der Waals surface area contributed by atoms with E-state index < -0.39 is 35.3 Å². The van der Waals surface area contributed by atoms with Gasteiger partial charge in [-0.15, -0.1) is 0 Å². The van der Waals surface area contributed by atoms with Crippen molar-refractivity contribution >= 4 is 17.5 Å². The molecule has 1 unspecified atom stereocenters. The van der Waals surface area contributed by atoms with E-state index in [-0.39, 0.29) is 37.5 Å². The van der Waals surface area contributed by atoms with Gasteiger partial charge in [0.2, 0.25) is 5.91 Å². The number of anilines is 1. The number of carbonyl (C=O) groups is 2. The molecular weight excluding hydrogens is 397 g/mol. The molecule has 0 spiro atoms. The molecule has 3 rings (SSSR count). The van der Waals surface area contributed by atoms with Gasteiger partial charge in [-0.3, -0.25) is 14.1 Å². The van der Waals surface area contributed by atoms with Crippen molar-refractivity contribution < 1.29 is 36.7 Å². The Hall–Kier alpha value is -3.15. The second-order valence-corrected chi connectivity index (χ2v) is 6.43. The number of benzene rings is 1. The molecule has 0 radical (unpaired) electrons. The van der Waals surface area contributed by atoms with E-state index in [1.54, 1.807) is 7.05 Å². The average molecular weight is 415 g/mol. The third-order valence-corrected chi connectivity index (χ3v) is 4.39. The second-order valence-electron chi connectivity index (χ2n) is 6.43. The number of hydrogen-bond acceptors (Lipinski definition) is 5. The molecular formula is C17H18F3N4O5+. The Morgan fingerprint density at radius 2 is 2.00 bits per heavy atom. The zero-order chi connectivity index (χ0) is 21.2. The summed E-state index contributed by atoms with van der Waals surface area (Å²) in [7, 11) is 1.56. The van der Waals surface area contributed by atoms with E-state index in [1.165, 1.54) is 9.58 Å². The first-order valence-electron chi connectivity index (χ1n) is 8.59. The zero-order valence-electron chi connectivity index (χ0n) is 15.3. The van der Waals surface area contributed by atoms with Crippen LogP contribution in [0.4, 0.5) is 18.9 Å². The van der Waals surface area contributed by atoms with Gasteiger partial charge in [0.05, 0.1) is 18.6 Å². The van der Waals surface area contributed by atoms with Crippen molar-refractivity contribution in [2.45, 2.75) is 25.2 Å². The van der Waals surface area contributed by atoms with E-state index in [4.69, 9.17) is 4.74 Å². The fourth-order valence-electron chi connectivity index (χ4n) is 2.83. The molecule has 12 heteroatoms. The molecule has 29 heavy (non-hydrogen) atoms. The van der Waals surface area contributed by atoms with Crippen molar-refractivity contribution in [1.29, 1.82) is 0 Å². The van der Waals surface area contributed by atoms with Crippen molar-refractivity contribution in [3.63, 3.8) is 0 Å². The molecule has 2 aromatic rings. The maximum absolute atomic E-state index is 12.6. The molecule has 0 saturated carbocycles. The molecule has 2 heterocycles. The molecule has 0 aliphatic carbocycles. The molecule has 1 atom stereocenters. The predicted molar refractivity (Wildman–Crippen MR) is 90.4 cm³/mol. The molecule has 1 saturated heterocycles. The van der Waals surface area contributed by atoms with Crippen LogP contribution in [0, 0.1) is 0 Å². The maximum atomic E-state index is 12.6. The van der Waals surface area contributed by atoms with Crippen molar-refractivity contribution in [3.05, 3.63) is 45.9 Å². The number of amides is 2. The highest BCUT2D eigenvalue weighted by Gasteiger charge is 2.34. The number of morpholine rings is 1. The van der Waals surface area contributed by atoms with Crippen molar-refractivity contribution in [1.82, 2.24) is 10.2 Å². The lowest BCUT2D eigenvalue weighted by molar-refractivity contribution is -0.746. The number of aromatic nitrogens is 2. The minimum Gasteiger partial charge on any atom is -0.366 e. The van der Waals surface area contributed by atoms with Gasteiger partial charge in [0.15, 0.2) is 7.05 Å². The van der Waals surface area contributed by atoms with Crippen LogP contribution >= 0.6 is 0 Å². The van der Waals surface area contributed by atoms with E-state index in [0.717, 1.165) is 24.3 Å². The Labute approximate surface area is 162 Å². The van der Waals surface area contributed by atoms with Gasteiger partial charge in [0.25, 0.3) is 5.91 Å². The van der Waals surface area contributed by atoms with Crippen molar-refractivity contribution in [2.24, 2.45) is 7.05 Å². The Kier molecular flexibility index (Phi) is 5.73. The van der Waals surface area contributed by atoms with Crippen molar-refractivity contribution in [2.75, 3.05) is 18.5 Å². The summed E-state index contributed by atoms with van der Waals surface area (Å²) < 4.78 is 49.1. The van der Waals surface area contributed by atoms with Gasteiger partial charge in [0, 0.05) is 12.2 Å². The molecule has 2 amide bonds. The van der Waals surface area contributed by atoms with Crippen LogP contribution in [0.25, 0.3) is 0 Å². The second kappa shape index (κ2) is 8.07. The number of halogens is 3. The third-order valence-electron chi connectivity index (χ3n) is 4.39. The lowest BCUT2D eigenvalue weighted by atomic mass is 10.1. The monoisotopic (exact) mass is 415 g/mol. The molecule has 1 fully saturated rings. The number of nitrogens with zero attached hydrogens (tertiary/aromatic N) is 2. The Morgan fingerprint density at radius 1 is 1.31 bits per heavy atom. The number of ether oxygens (including phenoxy) is 1. The SMILES string of the molecule is C[n+]1[nH]oc(=O)c1CN1CCOC(CC(=O)Nc2ccc(C(F)(F)F)cc2)C1=O. The first-order chi connectivity index (χ1) is 13.6. The zero-order valence-corrected chi connectivity index (χ0v) is 15.3. The summed E-state index contributed by atoms with van der Waals surface area (Å²) in [6.07, 6.45) is -5.85. The number of aromatic amines is 1. The summed E-state index contributed by atoms with van der Waals surface area (Å²) in [5, 5.41) is 4.79. The quantitative estimate of drug-likeness (QED) is 0.694. The number of nitrogens with one attached hydrogen (secondary N) is 2. The lowest BCUT2D eigenvalue weighted by Gasteiger charge is -2.30. The Morgan fingerprint density at radius 3 is 2.59 bits per heavy atom.